The third-order valence-corrected chi connectivity index (χ3v) is 8.86. The number of fused-ring (bicyclic) bond motifs is 1. The van der Waals surface area contributed by atoms with E-state index in [0.29, 0.717) is 50.5 Å². The second-order valence-corrected chi connectivity index (χ2v) is 12.0. The fourth-order valence-corrected chi connectivity index (χ4v) is 6.42. The van der Waals surface area contributed by atoms with Crippen LogP contribution in [0.3, 0.4) is 0 Å². The van der Waals surface area contributed by atoms with Crippen molar-refractivity contribution in [2.24, 2.45) is 11.1 Å². The molecule has 3 aromatic rings. The molecule has 5 rings (SSSR count). The van der Waals surface area contributed by atoms with Gasteiger partial charge in [-0.3, -0.25) is 14.7 Å². The Morgan fingerprint density at radius 2 is 1.88 bits per heavy atom. The highest BCUT2D eigenvalue weighted by atomic mass is 35.5. The molecule has 0 amide bonds. The first-order chi connectivity index (χ1) is 20.2. The molecule has 2 atom stereocenters. The van der Waals surface area contributed by atoms with E-state index in [1.165, 1.54) is 0 Å². The first-order valence-corrected chi connectivity index (χ1v) is 15.1. The van der Waals surface area contributed by atoms with E-state index in [0.717, 1.165) is 53.3 Å². The summed E-state index contributed by atoms with van der Waals surface area (Å²) in [5.74, 6) is -0.0264. The van der Waals surface area contributed by atoms with Crippen LogP contribution in [0.15, 0.2) is 48.0 Å². The fourth-order valence-electron chi connectivity index (χ4n) is 6.38. The van der Waals surface area contributed by atoms with E-state index in [2.05, 4.69) is 26.5 Å². The minimum absolute atomic E-state index is 0.00480. The number of carbonyl (C=O) groups excluding carboxylic acids is 2. The van der Waals surface area contributed by atoms with Crippen LogP contribution in [0, 0.1) is 5.92 Å². The van der Waals surface area contributed by atoms with Crippen molar-refractivity contribution in [2.75, 3.05) is 26.3 Å². The first kappa shape index (κ1) is 30.4. The largest absolute Gasteiger partial charge is 0.429 e. The van der Waals surface area contributed by atoms with Gasteiger partial charge in [-0.05, 0) is 75.8 Å². The summed E-state index contributed by atoms with van der Waals surface area (Å²) < 4.78 is 7.67. The Hall–Kier alpha value is -3.11. The average Bonchev–Trinajstić information content (AvgIpc) is 3.38. The third-order valence-electron chi connectivity index (χ3n) is 8.79. The monoisotopic (exact) mass is 594 g/mol. The van der Waals surface area contributed by atoms with Crippen LogP contribution in [0.1, 0.15) is 68.8 Å². The summed E-state index contributed by atoms with van der Waals surface area (Å²) in [5, 5.41) is 15.8. The molecule has 1 saturated heterocycles. The van der Waals surface area contributed by atoms with Gasteiger partial charge in [0.15, 0.2) is 5.78 Å². The van der Waals surface area contributed by atoms with Gasteiger partial charge in [0.05, 0.1) is 36.1 Å². The number of aliphatic hydroxyl groups excluding tert-OH is 1. The number of rotatable bonds is 9. The number of carbonyl (C=O) groups is 2. The van der Waals surface area contributed by atoms with E-state index >= 15 is 0 Å². The normalized spacial score (nSPS) is 20.5. The van der Waals surface area contributed by atoms with Crippen molar-refractivity contribution in [3.8, 4) is 11.1 Å². The summed E-state index contributed by atoms with van der Waals surface area (Å²) >= 11 is 5.54. The van der Waals surface area contributed by atoms with Crippen molar-refractivity contribution in [3.63, 3.8) is 0 Å². The molecule has 0 bridgehead atoms. The lowest BCUT2D eigenvalue weighted by Crippen LogP contribution is -2.54. The van der Waals surface area contributed by atoms with E-state index in [1.807, 2.05) is 44.3 Å². The minimum atomic E-state index is -1.03. The van der Waals surface area contributed by atoms with E-state index in [-0.39, 0.29) is 11.7 Å². The molecule has 1 saturated carbocycles. The average molecular weight is 595 g/mol. The molecular weight excluding hydrogens is 556 g/mol. The highest BCUT2D eigenvalue weighted by Crippen LogP contribution is 2.37. The van der Waals surface area contributed by atoms with Gasteiger partial charge < -0.3 is 19.2 Å². The molecule has 1 aromatic carbocycles. The first-order valence-electron chi connectivity index (χ1n) is 14.8. The summed E-state index contributed by atoms with van der Waals surface area (Å²) in [5.41, 5.74) is 2.83. The number of ketones is 1. The Labute approximate surface area is 251 Å². The van der Waals surface area contributed by atoms with Gasteiger partial charge in [-0.2, -0.15) is 0 Å². The van der Waals surface area contributed by atoms with Gasteiger partial charge in [0.25, 0.3) is 0 Å². The maximum absolute atomic E-state index is 14.3. The third kappa shape index (κ3) is 6.29. The lowest BCUT2D eigenvalue weighted by molar-refractivity contribution is -0.00429. The molecule has 2 aromatic heterocycles. The Morgan fingerprint density at radius 3 is 2.55 bits per heavy atom. The van der Waals surface area contributed by atoms with E-state index in [9.17, 15) is 14.7 Å². The molecule has 42 heavy (non-hydrogen) atoms. The summed E-state index contributed by atoms with van der Waals surface area (Å²) in [6, 6.07) is 7.77. The van der Waals surface area contributed by atoms with Crippen molar-refractivity contribution in [1.82, 2.24) is 14.5 Å². The number of Topliss-reactive ketones (excluding diaryl/α,β-unsaturated/α-hetero) is 1. The highest BCUT2D eigenvalue weighted by Gasteiger charge is 2.37. The molecule has 224 valence electrons. The van der Waals surface area contributed by atoms with E-state index in [4.69, 9.17) is 21.2 Å². The SMILES string of the molecule is CCn1cc(/C(CC2CCCCC2O)=N/OC(=O)Cl)c2cc(C(=O)C(C)(C)N3CCOCC3)cc(-c3ccncc3)c21. The van der Waals surface area contributed by atoms with Crippen molar-refractivity contribution < 1.29 is 24.3 Å². The Morgan fingerprint density at radius 1 is 1.17 bits per heavy atom. The topological polar surface area (TPSA) is 106 Å². The molecule has 10 heteroatoms. The second-order valence-electron chi connectivity index (χ2n) is 11.7. The number of hydrogen-bond donors (Lipinski definition) is 1. The van der Waals surface area contributed by atoms with Crippen LogP contribution in [-0.2, 0) is 16.1 Å². The van der Waals surface area contributed by atoms with Gasteiger partial charge in [0.2, 0.25) is 0 Å². The number of hydrogen-bond acceptors (Lipinski definition) is 8. The number of ether oxygens (including phenoxy) is 1. The maximum atomic E-state index is 14.3. The van der Waals surface area contributed by atoms with Gasteiger partial charge in [-0.25, -0.2) is 4.79 Å². The zero-order valence-electron chi connectivity index (χ0n) is 24.5. The smallest absolute Gasteiger partial charge is 0.393 e. The van der Waals surface area contributed by atoms with Crippen molar-refractivity contribution >= 4 is 39.4 Å². The summed E-state index contributed by atoms with van der Waals surface area (Å²) in [6.07, 6.45) is 9.00. The molecular formula is C32H39ClN4O5. The van der Waals surface area contributed by atoms with Crippen LogP contribution in [-0.4, -0.2) is 74.4 Å². The summed E-state index contributed by atoms with van der Waals surface area (Å²) in [4.78, 5) is 37.3. The molecule has 2 unspecified atom stereocenters. The Kier molecular flexibility index (Phi) is 9.42. The highest BCUT2D eigenvalue weighted by molar-refractivity contribution is 6.61. The molecule has 1 aliphatic carbocycles. The second kappa shape index (κ2) is 13.0. The predicted molar refractivity (Wildman–Crippen MR) is 163 cm³/mol. The number of oxime groups is 1. The lowest BCUT2D eigenvalue weighted by Gasteiger charge is -2.39. The fraction of sp³-hybridized carbons (Fsp3) is 0.500. The van der Waals surface area contributed by atoms with E-state index < -0.39 is 17.1 Å². The molecule has 2 aliphatic rings. The Bertz CT molecular complexity index is 1460. The van der Waals surface area contributed by atoms with Crippen molar-refractivity contribution in [2.45, 2.75) is 71.1 Å². The number of benzene rings is 1. The van der Waals surface area contributed by atoms with Gasteiger partial charge in [0.1, 0.15) is 0 Å². The number of nitrogens with zero attached hydrogens (tertiary/aromatic N) is 4. The number of aromatic nitrogens is 2. The van der Waals surface area contributed by atoms with Gasteiger partial charge in [0, 0.05) is 71.9 Å². The molecule has 3 heterocycles. The minimum Gasteiger partial charge on any atom is -0.393 e. The van der Waals surface area contributed by atoms with Gasteiger partial charge >= 0.3 is 5.43 Å². The number of morpholine rings is 1. The van der Waals surface area contributed by atoms with Crippen LogP contribution >= 0.6 is 11.6 Å². The quantitative estimate of drug-likeness (QED) is 0.106. The lowest BCUT2D eigenvalue weighted by atomic mass is 9.82. The zero-order valence-corrected chi connectivity index (χ0v) is 25.3. The number of halogens is 1. The molecule has 0 radical (unpaired) electrons. The number of pyridine rings is 1. The summed E-state index contributed by atoms with van der Waals surface area (Å²) in [6.45, 7) is 9.19. The number of aryl methyl sites for hydroxylation is 1. The van der Waals surface area contributed by atoms with Crippen molar-refractivity contribution in [1.29, 1.82) is 0 Å². The van der Waals surface area contributed by atoms with Crippen molar-refractivity contribution in [3.05, 3.63) is 54.0 Å². The molecule has 0 spiro atoms. The zero-order chi connectivity index (χ0) is 29.9. The van der Waals surface area contributed by atoms with E-state index in [1.54, 1.807) is 12.4 Å². The Balaban J connectivity index is 1.70. The van der Waals surface area contributed by atoms with Crippen LogP contribution < -0.4 is 0 Å². The van der Waals surface area contributed by atoms with Gasteiger partial charge in [-0.1, -0.05) is 18.0 Å². The molecule has 2 fully saturated rings. The molecule has 1 aliphatic heterocycles. The van der Waals surface area contributed by atoms with Crippen LogP contribution in [0.4, 0.5) is 4.79 Å². The van der Waals surface area contributed by atoms with Crippen LogP contribution in [0.25, 0.3) is 22.0 Å². The maximum Gasteiger partial charge on any atom is 0.429 e. The van der Waals surface area contributed by atoms with Crippen LogP contribution in [0.5, 0.6) is 0 Å². The standard InChI is InChI=1S/C32H39ClN4O5/c1-4-36-20-26(27(35-42-31(33)40)19-22-7-5-6-8-28(22)38)25-18-23(17-24(29(25)36)21-9-11-34-12-10-21)30(39)32(2,3)37-13-15-41-16-14-37/h9-12,17-18,20,22,28,38H,4-8,13-16,19H2,1-3H3/b35-27+. The van der Waals surface area contributed by atoms with Crippen LogP contribution in [0.2, 0.25) is 0 Å². The summed E-state index contributed by atoms with van der Waals surface area (Å²) in [7, 11) is 0. The molecule has 1 N–H and O–H groups in total. The molecule has 9 nitrogen and oxygen atoms in total. The number of aliphatic hydroxyl groups is 1. The predicted octanol–water partition coefficient (Wildman–Crippen LogP) is 6.04. The van der Waals surface area contributed by atoms with Gasteiger partial charge in [-0.15, -0.1) is 0 Å².